The lowest BCUT2D eigenvalue weighted by molar-refractivity contribution is 0.217. The van der Waals surface area contributed by atoms with E-state index in [2.05, 4.69) is 15.5 Å². The molecule has 0 aromatic heterocycles. The van der Waals surface area contributed by atoms with E-state index >= 15 is 0 Å². The monoisotopic (exact) mass is 377 g/mol. The normalized spacial score (nSPS) is 11.6. The SMILES string of the molecule is COCCS(=O)(=O)c1ccc(/N=N/c2ccc(N)cc2NC(N)=O)cc1. The molecule has 0 aliphatic heterocycles. The second kappa shape index (κ2) is 8.41. The summed E-state index contributed by atoms with van der Waals surface area (Å²) in [7, 11) is -1.96. The van der Waals surface area contributed by atoms with E-state index in [1.165, 1.54) is 37.4 Å². The molecule has 2 aromatic rings. The van der Waals surface area contributed by atoms with Crippen molar-refractivity contribution in [1.29, 1.82) is 0 Å². The maximum atomic E-state index is 12.1. The van der Waals surface area contributed by atoms with Gasteiger partial charge in [-0.05, 0) is 42.5 Å². The number of nitrogens with two attached hydrogens (primary N) is 2. The van der Waals surface area contributed by atoms with Crippen molar-refractivity contribution in [3.05, 3.63) is 42.5 Å². The van der Waals surface area contributed by atoms with Crippen LogP contribution in [0.25, 0.3) is 0 Å². The van der Waals surface area contributed by atoms with Crippen LogP contribution in [0.5, 0.6) is 0 Å². The zero-order chi connectivity index (χ0) is 19.2. The van der Waals surface area contributed by atoms with Gasteiger partial charge in [0.15, 0.2) is 9.84 Å². The summed E-state index contributed by atoms with van der Waals surface area (Å²) in [6, 6.07) is 9.89. The third-order valence-electron chi connectivity index (χ3n) is 3.30. The zero-order valence-corrected chi connectivity index (χ0v) is 14.9. The van der Waals surface area contributed by atoms with Gasteiger partial charge in [-0.25, -0.2) is 13.2 Å². The van der Waals surface area contributed by atoms with Gasteiger partial charge in [0.05, 0.1) is 28.6 Å². The van der Waals surface area contributed by atoms with E-state index in [0.717, 1.165) is 0 Å². The van der Waals surface area contributed by atoms with E-state index in [4.69, 9.17) is 16.2 Å². The predicted octanol–water partition coefficient (Wildman–Crippen LogP) is 2.59. The second-order valence-corrected chi connectivity index (χ2v) is 7.38. The Hall–Kier alpha value is -2.98. The number of carbonyl (C=O) groups excluding carboxylic acids is 1. The molecule has 9 nitrogen and oxygen atoms in total. The van der Waals surface area contributed by atoms with Gasteiger partial charge in [-0.2, -0.15) is 5.11 Å². The summed E-state index contributed by atoms with van der Waals surface area (Å²) in [5.41, 5.74) is 12.3. The molecule has 0 saturated carbocycles. The summed E-state index contributed by atoms with van der Waals surface area (Å²) in [5, 5.41) is 10.5. The number of primary amides is 1. The quantitative estimate of drug-likeness (QED) is 0.501. The Balaban J connectivity index is 2.20. The first-order valence-electron chi connectivity index (χ1n) is 7.51. The van der Waals surface area contributed by atoms with Crippen molar-refractivity contribution in [2.45, 2.75) is 4.90 Å². The Morgan fingerprint density at radius 3 is 2.46 bits per heavy atom. The van der Waals surface area contributed by atoms with E-state index in [-0.39, 0.29) is 17.3 Å². The molecule has 5 N–H and O–H groups in total. The lowest BCUT2D eigenvalue weighted by atomic mass is 10.2. The molecule has 0 saturated heterocycles. The minimum Gasteiger partial charge on any atom is -0.399 e. The highest BCUT2D eigenvalue weighted by molar-refractivity contribution is 7.91. The third kappa shape index (κ3) is 5.26. The fourth-order valence-electron chi connectivity index (χ4n) is 2.02. The van der Waals surface area contributed by atoms with E-state index < -0.39 is 15.9 Å². The van der Waals surface area contributed by atoms with Crippen molar-refractivity contribution in [3.8, 4) is 0 Å². The number of nitrogen functional groups attached to an aromatic ring is 1. The summed E-state index contributed by atoms with van der Waals surface area (Å²) >= 11 is 0. The lowest BCUT2D eigenvalue weighted by Gasteiger charge is -2.06. The third-order valence-corrected chi connectivity index (χ3v) is 5.00. The van der Waals surface area contributed by atoms with Crippen LogP contribution in [0.2, 0.25) is 0 Å². The maximum absolute atomic E-state index is 12.1. The first-order chi connectivity index (χ1) is 12.3. The van der Waals surface area contributed by atoms with Gasteiger partial charge >= 0.3 is 6.03 Å². The van der Waals surface area contributed by atoms with Crippen LogP contribution in [0.1, 0.15) is 0 Å². The summed E-state index contributed by atoms with van der Waals surface area (Å²) < 4.78 is 28.9. The number of nitrogens with one attached hydrogen (secondary N) is 1. The van der Waals surface area contributed by atoms with Crippen LogP contribution in [0, 0.1) is 0 Å². The molecule has 2 amide bonds. The van der Waals surface area contributed by atoms with Crippen LogP contribution in [-0.4, -0.2) is 33.9 Å². The van der Waals surface area contributed by atoms with Gasteiger partial charge in [-0.15, -0.1) is 5.11 Å². The molecule has 2 aromatic carbocycles. The molecule has 0 bridgehead atoms. The highest BCUT2D eigenvalue weighted by Crippen LogP contribution is 2.29. The minimum atomic E-state index is -3.40. The largest absolute Gasteiger partial charge is 0.399 e. The molecule has 0 atom stereocenters. The molecule has 0 fully saturated rings. The average Bonchev–Trinajstić information content (AvgIpc) is 2.59. The Labute approximate surface area is 151 Å². The Bertz CT molecular complexity index is 911. The number of amides is 2. The standard InChI is InChI=1S/C16H19N5O4S/c1-25-8-9-26(23,24)13-5-3-12(4-6-13)20-21-14-7-2-11(17)10-15(14)19-16(18)22/h2-7,10H,8-9,17H2,1H3,(H3,18,19,22)/b21-20+. The molecule has 0 spiro atoms. The number of ether oxygens (including phenoxy) is 1. The fourth-order valence-corrected chi connectivity index (χ4v) is 3.19. The number of anilines is 2. The molecule has 2 rings (SSSR count). The summed E-state index contributed by atoms with van der Waals surface area (Å²) in [6.45, 7) is 0.122. The molecular formula is C16H19N5O4S. The Morgan fingerprint density at radius 1 is 1.15 bits per heavy atom. The summed E-state index contributed by atoms with van der Waals surface area (Å²) in [4.78, 5) is 11.2. The molecular weight excluding hydrogens is 358 g/mol. The number of hydrogen-bond acceptors (Lipinski definition) is 7. The van der Waals surface area contributed by atoms with Gasteiger partial charge in [0, 0.05) is 12.8 Å². The van der Waals surface area contributed by atoms with Gasteiger partial charge in [-0.3, -0.25) is 0 Å². The van der Waals surface area contributed by atoms with E-state index in [0.29, 0.717) is 22.7 Å². The van der Waals surface area contributed by atoms with E-state index in [1.54, 1.807) is 12.1 Å². The molecule has 138 valence electrons. The van der Waals surface area contributed by atoms with Crippen molar-refractivity contribution >= 4 is 38.6 Å². The zero-order valence-electron chi connectivity index (χ0n) is 14.0. The molecule has 0 aliphatic carbocycles. The first-order valence-corrected chi connectivity index (χ1v) is 9.16. The van der Waals surface area contributed by atoms with Gasteiger partial charge in [0.1, 0.15) is 5.69 Å². The van der Waals surface area contributed by atoms with Crippen molar-refractivity contribution in [3.63, 3.8) is 0 Å². The highest BCUT2D eigenvalue weighted by Gasteiger charge is 2.13. The number of azo groups is 1. The topological polar surface area (TPSA) is 149 Å². The van der Waals surface area contributed by atoms with Crippen molar-refractivity contribution in [2.75, 3.05) is 30.5 Å². The number of sulfone groups is 1. The van der Waals surface area contributed by atoms with Gasteiger partial charge < -0.3 is 21.5 Å². The van der Waals surface area contributed by atoms with Gasteiger partial charge in [-0.1, -0.05) is 0 Å². The van der Waals surface area contributed by atoms with Gasteiger partial charge in [0.25, 0.3) is 0 Å². The van der Waals surface area contributed by atoms with Crippen LogP contribution in [-0.2, 0) is 14.6 Å². The predicted molar refractivity (Wildman–Crippen MR) is 98.6 cm³/mol. The Kier molecular flexibility index (Phi) is 6.26. The number of rotatable bonds is 7. The molecule has 10 heteroatoms. The number of methoxy groups -OCH3 is 1. The minimum absolute atomic E-state index is 0.0993. The molecule has 0 radical (unpaired) electrons. The molecule has 0 heterocycles. The number of carbonyl (C=O) groups is 1. The van der Waals surface area contributed by atoms with Crippen molar-refractivity contribution in [2.24, 2.45) is 16.0 Å². The van der Waals surface area contributed by atoms with Crippen LogP contribution in [0.3, 0.4) is 0 Å². The van der Waals surface area contributed by atoms with Crippen LogP contribution < -0.4 is 16.8 Å². The number of nitrogens with zero attached hydrogens (tertiary/aromatic N) is 2. The number of hydrogen-bond donors (Lipinski definition) is 3. The average molecular weight is 377 g/mol. The Morgan fingerprint density at radius 2 is 1.85 bits per heavy atom. The van der Waals surface area contributed by atoms with Gasteiger partial charge in [0.2, 0.25) is 0 Å². The molecule has 0 aliphatic rings. The van der Waals surface area contributed by atoms with Crippen molar-refractivity contribution in [1.82, 2.24) is 0 Å². The fraction of sp³-hybridized carbons (Fsp3) is 0.188. The molecule has 0 unspecified atom stereocenters. The van der Waals surface area contributed by atoms with Crippen LogP contribution in [0.4, 0.5) is 27.5 Å². The van der Waals surface area contributed by atoms with Crippen LogP contribution in [0.15, 0.2) is 57.6 Å². The number of benzene rings is 2. The first kappa shape index (κ1) is 19.3. The van der Waals surface area contributed by atoms with Crippen LogP contribution >= 0.6 is 0 Å². The summed E-state index contributed by atoms with van der Waals surface area (Å²) in [5.74, 6) is -0.0993. The molecule has 26 heavy (non-hydrogen) atoms. The van der Waals surface area contributed by atoms with Crippen molar-refractivity contribution < 1.29 is 17.9 Å². The number of urea groups is 1. The smallest absolute Gasteiger partial charge is 0.316 e. The summed E-state index contributed by atoms with van der Waals surface area (Å²) in [6.07, 6.45) is 0. The van der Waals surface area contributed by atoms with E-state index in [9.17, 15) is 13.2 Å². The second-order valence-electron chi connectivity index (χ2n) is 5.27. The van der Waals surface area contributed by atoms with E-state index in [1.807, 2.05) is 0 Å². The lowest BCUT2D eigenvalue weighted by Crippen LogP contribution is -2.19. The highest BCUT2D eigenvalue weighted by atomic mass is 32.2. The maximum Gasteiger partial charge on any atom is 0.316 e.